The summed E-state index contributed by atoms with van der Waals surface area (Å²) in [5, 5.41) is 0. The molecule has 0 aromatic carbocycles. The normalized spacial score (nSPS) is 14.6. The number of hydrazine groups is 1. The lowest BCUT2D eigenvalue weighted by atomic mass is 9.81. The number of unbranched alkanes of at least 4 members (excludes halogenated alkanes) is 1. The Morgan fingerprint density at radius 3 is 2.00 bits per heavy atom. The minimum absolute atomic E-state index is 0.198. The number of nitrogens with one attached hydrogen (secondary N) is 1. The highest BCUT2D eigenvalue weighted by Crippen LogP contribution is 2.28. The average Bonchev–Trinajstić information content (AvgIpc) is 2.24. The van der Waals surface area contributed by atoms with E-state index in [-0.39, 0.29) is 5.54 Å². The van der Waals surface area contributed by atoms with Crippen LogP contribution in [0.4, 0.5) is 0 Å². The molecule has 15 heavy (non-hydrogen) atoms. The van der Waals surface area contributed by atoms with Crippen molar-refractivity contribution in [3.8, 4) is 0 Å². The zero-order valence-corrected chi connectivity index (χ0v) is 11.1. The van der Waals surface area contributed by atoms with Crippen LogP contribution in [0.5, 0.6) is 0 Å². The fourth-order valence-electron chi connectivity index (χ4n) is 2.60. The first-order valence-corrected chi connectivity index (χ1v) is 6.22. The summed E-state index contributed by atoms with van der Waals surface area (Å²) in [6, 6.07) is 0.391. The van der Waals surface area contributed by atoms with Crippen LogP contribution in [0.3, 0.4) is 0 Å². The Kier molecular flexibility index (Phi) is 7.14. The summed E-state index contributed by atoms with van der Waals surface area (Å²) in [4.78, 5) is 2.33. The monoisotopic (exact) mass is 215 g/mol. The molecule has 0 heterocycles. The summed E-state index contributed by atoms with van der Waals surface area (Å²) in [6.07, 6.45) is 5.90. The Morgan fingerprint density at radius 1 is 1.20 bits per heavy atom. The molecule has 3 heteroatoms. The van der Waals surface area contributed by atoms with E-state index in [1.165, 1.54) is 12.8 Å². The van der Waals surface area contributed by atoms with Crippen LogP contribution in [0.15, 0.2) is 0 Å². The molecule has 0 rings (SSSR count). The van der Waals surface area contributed by atoms with Gasteiger partial charge in [0.2, 0.25) is 0 Å². The Balaban J connectivity index is 4.67. The van der Waals surface area contributed by atoms with Gasteiger partial charge in [-0.2, -0.15) is 0 Å². The molecule has 0 aromatic heterocycles. The quantitative estimate of drug-likeness (QED) is 0.481. The first-order chi connectivity index (χ1) is 7.08. The maximum Gasteiger partial charge on any atom is 0.0394 e. The highest BCUT2D eigenvalue weighted by Gasteiger charge is 2.36. The molecule has 0 aromatic rings. The van der Waals surface area contributed by atoms with E-state index in [0.717, 1.165) is 19.3 Å². The topological polar surface area (TPSA) is 41.3 Å². The van der Waals surface area contributed by atoms with Gasteiger partial charge in [0, 0.05) is 11.6 Å². The number of nitrogens with two attached hydrogens (primary N) is 1. The van der Waals surface area contributed by atoms with Crippen molar-refractivity contribution in [3.63, 3.8) is 0 Å². The zero-order valence-electron chi connectivity index (χ0n) is 11.1. The van der Waals surface area contributed by atoms with Gasteiger partial charge in [-0.15, -0.1) is 0 Å². The van der Waals surface area contributed by atoms with Crippen LogP contribution in [0.25, 0.3) is 0 Å². The van der Waals surface area contributed by atoms with Crippen LogP contribution in [0.1, 0.15) is 52.9 Å². The number of nitrogens with zero attached hydrogens (tertiary/aromatic N) is 1. The van der Waals surface area contributed by atoms with Crippen molar-refractivity contribution in [1.82, 2.24) is 10.3 Å². The molecule has 92 valence electrons. The Labute approximate surface area is 95.4 Å². The second-order valence-corrected chi connectivity index (χ2v) is 4.57. The minimum atomic E-state index is 0.198. The second-order valence-electron chi connectivity index (χ2n) is 4.57. The molecule has 0 spiro atoms. The van der Waals surface area contributed by atoms with Gasteiger partial charge in [-0.25, -0.2) is 0 Å². The molecular formula is C12H29N3. The van der Waals surface area contributed by atoms with Crippen LogP contribution in [-0.4, -0.2) is 30.6 Å². The van der Waals surface area contributed by atoms with Gasteiger partial charge in [0.05, 0.1) is 0 Å². The van der Waals surface area contributed by atoms with Gasteiger partial charge in [-0.05, 0) is 33.4 Å². The molecule has 3 nitrogen and oxygen atoms in total. The van der Waals surface area contributed by atoms with Crippen molar-refractivity contribution in [2.24, 2.45) is 5.84 Å². The predicted molar refractivity (Wildman–Crippen MR) is 67.6 cm³/mol. The Hall–Kier alpha value is -0.120. The number of hydrogen-bond donors (Lipinski definition) is 2. The van der Waals surface area contributed by atoms with Crippen molar-refractivity contribution in [1.29, 1.82) is 0 Å². The number of likely N-dealkylation sites (N-methyl/N-ethyl adjacent to an activating group) is 1. The molecule has 0 saturated carbocycles. The molecule has 0 saturated heterocycles. The Morgan fingerprint density at radius 2 is 1.73 bits per heavy atom. The molecule has 1 unspecified atom stereocenters. The molecule has 0 bridgehead atoms. The van der Waals surface area contributed by atoms with Crippen molar-refractivity contribution in [2.75, 3.05) is 14.1 Å². The van der Waals surface area contributed by atoms with Gasteiger partial charge in [-0.1, -0.05) is 33.6 Å². The third-order valence-electron chi connectivity index (χ3n) is 3.81. The van der Waals surface area contributed by atoms with E-state index in [1.54, 1.807) is 0 Å². The average molecular weight is 215 g/mol. The first-order valence-electron chi connectivity index (χ1n) is 6.22. The lowest BCUT2D eigenvalue weighted by Gasteiger charge is -2.45. The fourth-order valence-corrected chi connectivity index (χ4v) is 2.60. The van der Waals surface area contributed by atoms with E-state index >= 15 is 0 Å². The first kappa shape index (κ1) is 14.9. The zero-order chi connectivity index (χ0) is 11.9. The van der Waals surface area contributed by atoms with E-state index in [2.05, 4.69) is 45.2 Å². The molecule has 3 N–H and O–H groups in total. The highest BCUT2D eigenvalue weighted by atomic mass is 15.3. The number of hydrogen-bond acceptors (Lipinski definition) is 3. The van der Waals surface area contributed by atoms with Gasteiger partial charge in [0.25, 0.3) is 0 Å². The summed E-state index contributed by atoms with van der Waals surface area (Å²) in [6.45, 7) is 6.72. The molecule has 0 aliphatic heterocycles. The third kappa shape index (κ3) is 3.44. The van der Waals surface area contributed by atoms with E-state index in [9.17, 15) is 0 Å². The van der Waals surface area contributed by atoms with Gasteiger partial charge < -0.3 is 4.90 Å². The summed E-state index contributed by atoms with van der Waals surface area (Å²) in [5.41, 5.74) is 3.22. The van der Waals surface area contributed by atoms with Gasteiger partial charge >= 0.3 is 0 Å². The summed E-state index contributed by atoms with van der Waals surface area (Å²) < 4.78 is 0. The minimum Gasteiger partial charge on any atom is -0.302 e. The fraction of sp³-hybridized carbons (Fsp3) is 1.00. The molecule has 0 aliphatic rings. The van der Waals surface area contributed by atoms with E-state index < -0.39 is 0 Å². The maximum atomic E-state index is 5.71. The predicted octanol–water partition coefficient (Wildman–Crippen LogP) is 2.13. The lowest BCUT2D eigenvalue weighted by molar-refractivity contribution is 0.0831. The van der Waals surface area contributed by atoms with E-state index in [1.807, 2.05) is 0 Å². The number of rotatable bonds is 8. The van der Waals surface area contributed by atoms with E-state index in [4.69, 9.17) is 5.84 Å². The molecule has 0 fully saturated rings. The lowest BCUT2D eigenvalue weighted by Crippen LogP contribution is -2.60. The van der Waals surface area contributed by atoms with Crippen molar-refractivity contribution < 1.29 is 0 Å². The van der Waals surface area contributed by atoms with Gasteiger partial charge in [-0.3, -0.25) is 11.3 Å². The largest absolute Gasteiger partial charge is 0.302 e. The maximum absolute atomic E-state index is 5.71. The SMILES string of the molecule is CCCCC(NN)C(CC)(CC)N(C)C. The van der Waals surface area contributed by atoms with E-state index in [0.29, 0.717) is 6.04 Å². The van der Waals surface area contributed by atoms with Crippen molar-refractivity contribution in [3.05, 3.63) is 0 Å². The van der Waals surface area contributed by atoms with Crippen LogP contribution >= 0.6 is 0 Å². The van der Waals surface area contributed by atoms with Crippen molar-refractivity contribution in [2.45, 2.75) is 64.5 Å². The highest BCUT2D eigenvalue weighted by molar-refractivity contribution is 4.95. The summed E-state index contributed by atoms with van der Waals surface area (Å²) in [7, 11) is 4.31. The van der Waals surface area contributed by atoms with Crippen molar-refractivity contribution >= 4 is 0 Å². The molecule has 0 aliphatic carbocycles. The van der Waals surface area contributed by atoms with Gasteiger partial charge in [0.1, 0.15) is 0 Å². The molecular weight excluding hydrogens is 186 g/mol. The molecule has 0 amide bonds. The van der Waals surface area contributed by atoms with Crippen LogP contribution in [0.2, 0.25) is 0 Å². The standard InChI is InChI=1S/C12H29N3/c1-6-9-10-11(14-13)12(7-2,8-3)15(4)5/h11,14H,6-10,13H2,1-5H3. The van der Waals surface area contributed by atoms with Gasteiger partial charge in [0.15, 0.2) is 0 Å². The third-order valence-corrected chi connectivity index (χ3v) is 3.81. The Bertz CT molecular complexity index is 153. The van der Waals surface area contributed by atoms with Crippen LogP contribution in [-0.2, 0) is 0 Å². The van der Waals surface area contributed by atoms with Crippen LogP contribution in [0, 0.1) is 0 Å². The molecule has 0 radical (unpaired) electrons. The smallest absolute Gasteiger partial charge is 0.0394 e. The molecule has 1 atom stereocenters. The summed E-state index contributed by atoms with van der Waals surface area (Å²) >= 11 is 0. The second kappa shape index (κ2) is 7.20. The van der Waals surface area contributed by atoms with Crippen LogP contribution < -0.4 is 11.3 Å². The summed E-state index contributed by atoms with van der Waals surface area (Å²) in [5.74, 6) is 5.71.